The van der Waals surface area contributed by atoms with Crippen molar-refractivity contribution in [1.29, 1.82) is 5.41 Å². The van der Waals surface area contributed by atoms with Gasteiger partial charge < -0.3 is 15.2 Å². The molecular weight excluding hydrogens is 350 g/mol. The summed E-state index contributed by atoms with van der Waals surface area (Å²) >= 11 is 4.25. The topological polar surface area (TPSA) is 90.1 Å². The number of halogens is 2. The third-order valence-corrected chi connectivity index (χ3v) is 3.46. The summed E-state index contributed by atoms with van der Waals surface area (Å²) in [6.07, 6.45) is -3.85. The molecule has 0 fully saturated rings. The molecule has 6 nitrogen and oxygen atoms in total. The molecule has 0 aliphatic carbocycles. The fraction of sp³-hybridized carbons (Fsp3) is 0.438. The molecule has 0 unspecified atom stereocenters. The number of hydrogen-bond donors (Lipinski definition) is 4. The highest BCUT2D eigenvalue weighted by Gasteiger charge is 2.49. The number of rotatable bonds is 7. The molecule has 138 valence electrons. The van der Waals surface area contributed by atoms with Gasteiger partial charge in [-0.25, -0.2) is 4.99 Å². The summed E-state index contributed by atoms with van der Waals surface area (Å²) in [5, 5.41) is 20.2. The molecule has 0 atom stereocenters. The summed E-state index contributed by atoms with van der Waals surface area (Å²) in [5.41, 5.74) is -1.56. The van der Waals surface area contributed by atoms with E-state index in [1.807, 2.05) is 6.92 Å². The first-order chi connectivity index (χ1) is 11.4. The Balaban J connectivity index is 3.52. The molecule has 1 rings (SSSR count). The largest absolute Gasteiger partial charge is 0.428 e. The highest BCUT2D eigenvalue weighted by atomic mass is 32.1. The molecule has 0 saturated heterocycles. The number of aliphatic imine (C=N–C) groups is 2. The summed E-state index contributed by atoms with van der Waals surface area (Å²) in [7, 11) is 0. The van der Waals surface area contributed by atoms with Crippen LogP contribution in [-0.2, 0) is 0 Å². The van der Waals surface area contributed by atoms with Crippen molar-refractivity contribution in [3.05, 3.63) is 17.7 Å². The number of thiol groups is 1. The Kier molecular flexibility index (Phi) is 6.67. The average molecular weight is 372 g/mol. The Morgan fingerprint density at radius 1 is 1.44 bits per heavy atom. The maximum absolute atomic E-state index is 14.1. The van der Waals surface area contributed by atoms with Gasteiger partial charge in [0.25, 0.3) is 0 Å². The Bertz CT molecular complexity index is 700. The maximum atomic E-state index is 14.1. The minimum Gasteiger partial charge on any atom is -0.428 e. The smallest absolute Gasteiger partial charge is 0.426 e. The second-order valence-corrected chi connectivity index (χ2v) is 6.15. The SMILES string of the molecule is C=Nc1c(OC(F)(F)C(C)(C)O)ccc(/C(S)=N/C(C)=N)c1NCC. The minimum atomic E-state index is -3.85. The molecule has 0 amide bonds. The van der Waals surface area contributed by atoms with E-state index in [2.05, 4.69) is 34.6 Å². The van der Waals surface area contributed by atoms with Crippen molar-refractivity contribution >= 4 is 41.6 Å². The molecule has 1 aromatic carbocycles. The van der Waals surface area contributed by atoms with Crippen molar-refractivity contribution in [2.75, 3.05) is 11.9 Å². The zero-order valence-electron chi connectivity index (χ0n) is 14.5. The predicted molar refractivity (Wildman–Crippen MR) is 101 cm³/mol. The number of hydrogen-bond acceptors (Lipinski definition) is 5. The number of benzene rings is 1. The van der Waals surface area contributed by atoms with Crippen LogP contribution in [0.15, 0.2) is 22.1 Å². The number of ether oxygens (including phenoxy) is 1. The summed E-state index contributed by atoms with van der Waals surface area (Å²) < 4.78 is 32.8. The Labute approximate surface area is 151 Å². The second kappa shape index (κ2) is 7.92. The zero-order chi connectivity index (χ0) is 19.4. The van der Waals surface area contributed by atoms with Crippen molar-refractivity contribution in [1.82, 2.24) is 0 Å². The first-order valence-electron chi connectivity index (χ1n) is 7.44. The Hall–Kier alpha value is -2.00. The molecule has 0 bridgehead atoms. The van der Waals surface area contributed by atoms with Gasteiger partial charge in [-0.1, -0.05) is 0 Å². The van der Waals surface area contributed by atoms with Gasteiger partial charge in [-0.3, -0.25) is 10.4 Å². The summed E-state index contributed by atoms with van der Waals surface area (Å²) in [6, 6.07) is 2.74. The van der Waals surface area contributed by atoms with E-state index in [1.54, 1.807) is 0 Å². The van der Waals surface area contributed by atoms with Crippen LogP contribution in [0.4, 0.5) is 20.2 Å². The molecule has 0 aliphatic rings. The van der Waals surface area contributed by atoms with Gasteiger partial charge in [-0.15, -0.1) is 12.6 Å². The van der Waals surface area contributed by atoms with Gasteiger partial charge in [0.1, 0.15) is 16.6 Å². The Morgan fingerprint density at radius 2 is 2.04 bits per heavy atom. The molecule has 9 heteroatoms. The minimum absolute atomic E-state index is 0.0349. The fourth-order valence-electron chi connectivity index (χ4n) is 1.84. The molecule has 0 spiro atoms. The molecule has 25 heavy (non-hydrogen) atoms. The molecule has 0 aliphatic heterocycles. The molecule has 1 aromatic rings. The molecule has 0 radical (unpaired) electrons. The number of amidine groups is 1. The van der Waals surface area contributed by atoms with Crippen molar-refractivity contribution < 1.29 is 18.6 Å². The molecule has 0 heterocycles. The zero-order valence-corrected chi connectivity index (χ0v) is 15.4. The maximum Gasteiger partial charge on any atom is 0.426 e. The first-order valence-corrected chi connectivity index (χ1v) is 7.89. The highest BCUT2D eigenvalue weighted by Crippen LogP contribution is 2.42. The Morgan fingerprint density at radius 3 is 2.48 bits per heavy atom. The number of aliphatic hydroxyl groups is 1. The van der Waals surface area contributed by atoms with Crippen LogP contribution in [0.2, 0.25) is 0 Å². The van der Waals surface area contributed by atoms with E-state index in [0.717, 1.165) is 13.8 Å². The lowest BCUT2D eigenvalue weighted by atomic mass is 10.1. The van der Waals surface area contributed by atoms with Crippen molar-refractivity contribution in [3.8, 4) is 5.75 Å². The monoisotopic (exact) mass is 372 g/mol. The predicted octanol–water partition coefficient (Wildman–Crippen LogP) is 3.87. The third kappa shape index (κ3) is 4.99. The van der Waals surface area contributed by atoms with Crippen LogP contribution in [0.3, 0.4) is 0 Å². The van der Waals surface area contributed by atoms with Gasteiger partial charge in [0.15, 0.2) is 11.4 Å². The molecule has 0 saturated carbocycles. The van der Waals surface area contributed by atoms with E-state index in [-0.39, 0.29) is 22.3 Å². The van der Waals surface area contributed by atoms with E-state index in [1.165, 1.54) is 19.1 Å². The lowest BCUT2D eigenvalue weighted by Gasteiger charge is -2.29. The van der Waals surface area contributed by atoms with Crippen molar-refractivity contribution in [2.45, 2.75) is 39.4 Å². The van der Waals surface area contributed by atoms with Gasteiger partial charge >= 0.3 is 6.11 Å². The number of nitrogens with one attached hydrogen (secondary N) is 2. The lowest BCUT2D eigenvalue weighted by Crippen LogP contribution is -2.47. The lowest BCUT2D eigenvalue weighted by molar-refractivity contribution is -0.276. The summed E-state index contributed by atoms with van der Waals surface area (Å²) in [5.74, 6) is -0.219. The number of alkyl halides is 2. The number of anilines is 1. The van der Waals surface area contributed by atoms with Gasteiger partial charge in [-0.2, -0.15) is 8.78 Å². The quantitative estimate of drug-likeness (QED) is 0.333. The van der Waals surface area contributed by atoms with Crippen LogP contribution in [0.25, 0.3) is 0 Å². The van der Waals surface area contributed by atoms with Gasteiger partial charge in [0.2, 0.25) is 0 Å². The standard InChI is InChI=1S/C16H22F2N4O2S/c1-6-21-12-10(14(25)22-9(2)19)7-8-11(13(12)20-5)24-16(17,18)15(3,4)23/h7-8,21,23H,5-6H2,1-4H3,(H2,19,22,25). The van der Waals surface area contributed by atoms with Gasteiger partial charge in [-0.05, 0) is 46.5 Å². The fourth-order valence-corrected chi connectivity index (χ4v) is 2.17. The molecule has 3 N–H and O–H groups in total. The van der Waals surface area contributed by atoms with E-state index in [0.29, 0.717) is 17.8 Å². The molecular formula is C16H22F2N4O2S. The first kappa shape index (κ1) is 21.0. The van der Waals surface area contributed by atoms with Gasteiger partial charge in [0.05, 0.1) is 5.69 Å². The number of nitrogens with zero attached hydrogens (tertiary/aromatic N) is 2. The van der Waals surface area contributed by atoms with Crippen LogP contribution < -0.4 is 10.1 Å². The van der Waals surface area contributed by atoms with Crippen LogP contribution in [-0.4, -0.2) is 41.0 Å². The van der Waals surface area contributed by atoms with E-state index in [9.17, 15) is 13.9 Å². The van der Waals surface area contributed by atoms with Crippen molar-refractivity contribution in [3.63, 3.8) is 0 Å². The second-order valence-electron chi connectivity index (χ2n) is 5.72. The van der Waals surface area contributed by atoms with Gasteiger partial charge in [0, 0.05) is 12.1 Å². The van der Waals surface area contributed by atoms with Crippen LogP contribution in [0.5, 0.6) is 5.75 Å². The van der Waals surface area contributed by atoms with Crippen molar-refractivity contribution in [2.24, 2.45) is 9.98 Å². The molecule has 0 aromatic heterocycles. The van der Waals surface area contributed by atoms with E-state index < -0.39 is 11.7 Å². The van der Waals surface area contributed by atoms with E-state index in [4.69, 9.17) is 10.1 Å². The summed E-state index contributed by atoms with van der Waals surface area (Å²) in [6.45, 7) is 9.05. The van der Waals surface area contributed by atoms with E-state index >= 15 is 0 Å². The third-order valence-electron chi connectivity index (χ3n) is 3.12. The van der Waals surface area contributed by atoms with Crippen LogP contribution in [0, 0.1) is 5.41 Å². The normalized spacial score (nSPS) is 12.7. The average Bonchev–Trinajstić information content (AvgIpc) is 2.45. The highest BCUT2D eigenvalue weighted by molar-refractivity contribution is 7.97. The van der Waals surface area contributed by atoms with Crippen LogP contribution >= 0.6 is 12.6 Å². The van der Waals surface area contributed by atoms with Crippen LogP contribution in [0.1, 0.15) is 33.3 Å². The summed E-state index contributed by atoms with van der Waals surface area (Å²) in [4.78, 5) is 7.72.